The molecule has 0 aliphatic heterocycles. The summed E-state index contributed by atoms with van der Waals surface area (Å²) in [5.41, 5.74) is 1.89. The predicted octanol–water partition coefficient (Wildman–Crippen LogP) is 3.09. The zero-order valence-corrected chi connectivity index (χ0v) is 12.2. The summed E-state index contributed by atoms with van der Waals surface area (Å²) in [6, 6.07) is 6.64. The van der Waals surface area contributed by atoms with Crippen LogP contribution < -0.4 is 5.32 Å². The van der Waals surface area contributed by atoms with E-state index in [2.05, 4.69) is 20.9 Å². The molecule has 1 N–H and O–H groups in total. The van der Waals surface area contributed by atoms with Crippen LogP contribution in [0.15, 0.2) is 36.8 Å². The topological polar surface area (TPSA) is 47.2 Å². The molecule has 1 aliphatic rings. The molecule has 1 aliphatic carbocycles. The molecule has 0 bridgehead atoms. The lowest BCUT2D eigenvalue weighted by molar-refractivity contribution is 0.749. The molecule has 0 spiro atoms. The molecular weight excluding hydrogens is 262 g/mol. The minimum absolute atomic E-state index is 0.545. The number of nitrogens with zero attached hydrogens (tertiary/aromatic N) is 4. The Hall–Kier alpha value is -2.30. The van der Waals surface area contributed by atoms with Gasteiger partial charge in [-0.1, -0.05) is 18.9 Å². The minimum Gasteiger partial charge on any atom is -0.367 e. The summed E-state index contributed by atoms with van der Waals surface area (Å²) in [6.45, 7) is 0. The van der Waals surface area contributed by atoms with Gasteiger partial charge in [-0.3, -0.25) is 4.40 Å². The van der Waals surface area contributed by atoms with Crippen LogP contribution in [0.3, 0.4) is 0 Å². The third-order valence-corrected chi connectivity index (χ3v) is 4.26. The van der Waals surface area contributed by atoms with E-state index >= 15 is 0 Å². The molecule has 0 aromatic carbocycles. The zero-order valence-electron chi connectivity index (χ0n) is 12.2. The van der Waals surface area contributed by atoms with E-state index in [1.165, 1.54) is 25.7 Å². The number of rotatable bonds is 3. The lowest BCUT2D eigenvalue weighted by atomic mass is 10.2. The zero-order chi connectivity index (χ0) is 14.2. The molecule has 21 heavy (non-hydrogen) atoms. The number of imidazole rings is 2. The highest BCUT2D eigenvalue weighted by Gasteiger charge is 2.21. The Kier molecular flexibility index (Phi) is 2.91. The molecule has 0 atom stereocenters. The van der Waals surface area contributed by atoms with Crippen LogP contribution in [0.5, 0.6) is 0 Å². The van der Waals surface area contributed by atoms with Crippen molar-refractivity contribution in [3.8, 4) is 11.5 Å². The highest BCUT2D eigenvalue weighted by Crippen LogP contribution is 2.30. The van der Waals surface area contributed by atoms with E-state index in [0.717, 1.165) is 23.0 Å². The maximum atomic E-state index is 4.78. The van der Waals surface area contributed by atoms with Crippen molar-refractivity contribution in [2.24, 2.45) is 7.05 Å². The molecule has 108 valence electrons. The number of pyridine rings is 1. The first kappa shape index (κ1) is 12.4. The molecular formula is C16H19N5. The number of aryl methyl sites for hydroxylation is 1. The maximum absolute atomic E-state index is 4.78. The van der Waals surface area contributed by atoms with Gasteiger partial charge in [0, 0.05) is 31.7 Å². The van der Waals surface area contributed by atoms with Crippen LogP contribution in [-0.4, -0.2) is 25.0 Å². The van der Waals surface area contributed by atoms with E-state index in [1.54, 1.807) is 0 Å². The summed E-state index contributed by atoms with van der Waals surface area (Å²) in [4.78, 5) is 9.24. The van der Waals surface area contributed by atoms with Crippen molar-refractivity contribution < 1.29 is 0 Å². The van der Waals surface area contributed by atoms with Crippen molar-refractivity contribution in [2.45, 2.75) is 31.7 Å². The summed E-state index contributed by atoms with van der Waals surface area (Å²) in [5, 5.41) is 3.70. The van der Waals surface area contributed by atoms with Gasteiger partial charge in [0.15, 0.2) is 5.82 Å². The highest BCUT2D eigenvalue weighted by atomic mass is 15.2. The Morgan fingerprint density at radius 2 is 2.05 bits per heavy atom. The summed E-state index contributed by atoms with van der Waals surface area (Å²) in [7, 11) is 2.01. The molecule has 0 unspecified atom stereocenters. The largest absolute Gasteiger partial charge is 0.367 e. The van der Waals surface area contributed by atoms with E-state index in [0.29, 0.717) is 6.04 Å². The molecule has 5 nitrogen and oxygen atoms in total. The van der Waals surface area contributed by atoms with Gasteiger partial charge in [0.1, 0.15) is 17.2 Å². The first-order valence-electron chi connectivity index (χ1n) is 7.54. The van der Waals surface area contributed by atoms with Gasteiger partial charge < -0.3 is 9.88 Å². The third-order valence-electron chi connectivity index (χ3n) is 4.26. The average Bonchev–Trinajstić information content (AvgIpc) is 3.20. The normalized spacial score (nSPS) is 15.9. The van der Waals surface area contributed by atoms with E-state index in [1.807, 2.05) is 42.2 Å². The molecule has 3 heterocycles. The Balaban J connectivity index is 1.86. The van der Waals surface area contributed by atoms with Crippen molar-refractivity contribution in [1.29, 1.82) is 0 Å². The molecule has 3 aromatic heterocycles. The summed E-state index contributed by atoms with van der Waals surface area (Å²) < 4.78 is 4.14. The number of hydrogen-bond acceptors (Lipinski definition) is 3. The standard InChI is InChI=1S/C16H19N5/c1-20-11-9-17-15(20)14-16(18-12-6-2-3-7-12)21-10-5-4-8-13(21)19-14/h4-5,8-12,18H,2-3,6-7H2,1H3. The van der Waals surface area contributed by atoms with E-state index in [4.69, 9.17) is 4.98 Å². The van der Waals surface area contributed by atoms with Gasteiger partial charge in [-0.15, -0.1) is 0 Å². The fourth-order valence-corrected chi connectivity index (χ4v) is 3.15. The van der Waals surface area contributed by atoms with Crippen LogP contribution in [0.1, 0.15) is 25.7 Å². The Morgan fingerprint density at radius 3 is 2.81 bits per heavy atom. The monoisotopic (exact) mass is 281 g/mol. The molecule has 0 saturated heterocycles. The van der Waals surface area contributed by atoms with Crippen molar-refractivity contribution >= 4 is 11.5 Å². The van der Waals surface area contributed by atoms with Gasteiger partial charge in [0.25, 0.3) is 0 Å². The number of anilines is 1. The number of nitrogens with one attached hydrogen (secondary N) is 1. The first-order chi connectivity index (χ1) is 10.3. The summed E-state index contributed by atoms with van der Waals surface area (Å²) >= 11 is 0. The molecule has 1 fully saturated rings. The number of aromatic nitrogens is 4. The van der Waals surface area contributed by atoms with Gasteiger partial charge in [0.05, 0.1) is 0 Å². The van der Waals surface area contributed by atoms with Crippen LogP contribution in [0.25, 0.3) is 17.2 Å². The van der Waals surface area contributed by atoms with Gasteiger partial charge in [-0.05, 0) is 25.0 Å². The second-order valence-corrected chi connectivity index (χ2v) is 5.73. The Labute approximate surface area is 123 Å². The van der Waals surface area contributed by atoms with E-state index in [-0.39, 0.29) is 0 Å². The van der Waals surface area contributed by atoms with Crippen LogP contribution in [0, 0.1) is 0 Å². The molecule has 3 aromatic rings. The van der Waals surface area contributed by atoms with Crippen molar-refractivity contribution in [2.75, 3.05) is 5.32 Å². The SMILES string of the molecule is Cn1ccnc1-c1nc2ccccn2c1NC1CCCC1. The minimum atomic E-state index is 0.545. The first-order valence-corrected chi connectivity index (χ1v) is 7.54. The Morgan fingerprint density at radius 1 is 1.19 bits per heavy atom. The lowest BCUT2D eigenvalue weighted by Gasteiger charge is -2.14. The van der Waals surface area contributed by atoms with Crippen molar-refractivity contribution in [3.63, 3.8) is 0 Å². The average molecular weight is 281 g/mol. The maximum Gasteiger partial charge on any atom is 0.162 e. The quantitative estimate of drug-likeness (QED) is 0.802. The van der Waals surface area contributed by atoms with Gasteiger partial charge in [-0.2, -0.15) is 0 Å². The van der Waals surface area contributed by atoms with Gasteiger partial charge >= 0.3 is 0 Å². The van der Waals surface area contributed by atoms with Crippen LogP contribution >= 0.6 is 0 Å². The van der Waals surface area contributed by atoms with E-state index < -0.39 is 0 Å². The van der Waals surface area contributed by atoms with Gasteiger partial charge in [-0.25, -0.2) is 9.97 Å². The smallest absolute Gasteiger partial charge is 0.162 e. The van der Waals surface area contributed by atoms with Crippen LogP contribution in [0.2, 0.25) is 0 Å². The fourth-order valence-electron chi connectivity index (χ4n) is 3.15. The second kappa shape index (κ2) is 4.91. The van der Waals surface area contributed by atoms with E-state index in [9.17, 15) is 0 Å². The number of hydrogen-bond donors (Lipinski definition) is 1. The molecule has 1 saturated carbocycles. The molecule has 5 heteroatoms. The molecule has 0 amide bonds. The highest BCUT2D eigenvalue weighted by molar-refractivity contribution is 5.73. The lowest BCUT2D eigenvalue weighted by Crippen LogP contribution is -2.16. The molecule has 4 rings (SSSR count). The van der Waals surface area contributed by atoms with Gasteiger partial charge in [0.2, 0.25) is 0 Å². The third kappa shape index (κ3) is 2.09. The fraction of sp³-hybridized carbons (Fsp3) is 0.375. The second-order valence-electron chi connectivity index (χ2n) is 5.73. The number of fused-ring (bicyclic) bond motifs is 1. The summed E-state index contributed by atoms with van der Waals surface area (Å²) in [5.74, 6) is 1.96. The summed E-state index contributed by atoms with van der Waals surface area (Å²) in [6.07, 6.45) is 10.9. The van der Waals surface area contributed by atoms with Crippen molar-refractivity contribution in [3.05, 3.63) is 36.8 Å². The predicted molar refractivity (Wildman–Crippen MR) is 83.3 cm³/mol. The van der Waals surface area contributed by atoms with Crippen LogP contribution in [0.4, 0.5) is 5.82 Å². The van der Waals surface area contributed by atoms with Crippen LogP contribution in [-0.2, 0) is 7.05 Å². The van der Waals surface area contributed by atoms with Crippen molar-refractivity contribution in [1.82, 2.24) is 18.9 Å². The molecule has 0 radical (unpaired) electrons. The Bertz CT molecular complexity index is 764.